The first-order valence-corrected chi connectivity index (χ1v) is 10.2. The molecule has 0 fully saturated rings. The summed E-state index contributed by atoms with van der Waals surface area (Å²) in [6.07, 6.45) is 1.58. The number of carbonyl (C=O) groups is 3. The molecule has 3 aromatic rings. The van der Waals surface area contributed by atoms with E-state index in [-0.39, 0.29) is 24.4 Å². The Balaban J connectivity index is 1.77. The maximum Gasteiger partial charge on any atom is 0.251 e. The number of furan rings is 1. The number of anilines is 1. The van der Waals surface area contributed by atoms with Gasteiger partial charge in [0.15, 0.2) is 16.7 Å². The first-order chi connectivity index (χ1) is 13.9. The minimum atomic E-state index is -0.615. The summed E-state index contributed by atoms with van der Waals surface area (Å²) in [6, 6.07) is 4.98. The molecular formula is C17H18N6O4S2. The molecule has 3 aromatic heterocycles. The van der Waals surface area contributed by atoms with E-state index in [2.05, 4.69) is 15.5 Å². The third-order valence-electron chi connectivity index (χ3n) is 3.86. The molecule has 12 heteroatoms. The van der Waals surface area contributed by atoms with Crippen LogP contribution in [-0.4, -0.2) is 37.7 Å². The fourth-order valence-corrected chi connectivity index (χ4v) is 4.08. The number of rotatable bonds is 9. The van der Waals surface area contributed by atoms with Crippen molar-refractivity contribution in [2.24, 2.45) is 11.5 Å². The van der Waals surface area contributed by atoms with Crippen molar-refractivity contribution in [1.29, 1.82) is 0 Å². The van der Waals surface area contributed by atoms with Gasteiger partial charge in [-0.25, -0.2) is 0 Å². The molecule has 10 nitrogen and oxygen atoms in total. The second-order valence-corrected chi connectivity index (χ2v) is 8.15. The molecule has 0 spiro atoms. The fourth-order valence-electron chi connectivity index (χ4n) is 2.41. The van der Waals surface area contributed by atoms with Crippen LogP contribution in [0, 0.1) is 0 Å². The summed E-state index contributed by atoms with van der Waals surface area (Å²) in [4.78, 5) is 35.2. The molecule has 152 valence electrons. The standard InChI is InChI=1S/C17H18N6O4S2/c1-9(15(26)20-16-10(13(19)25)5-8-28-16)29-17-22-21-14(11-3-2-7-27-11)23(17)6-4-12(18)24/h2-3,5,7-9H,4,6H2,1H3,(H2,18,24)(H2,19,25)(H,20,26). The minimum absolute atomic E-state index is 0.0804. The third-order valence-corrected chi connectivity index (χ3v) is 5.77. The van der Waals surface area contributed by atoms with Gasteiger partial charge in [0.1, 0.15) is 5.00 Å². The minimum Gasteiger partial charge on any atom is -0.461 e. The van der Waals surface area contributed by atoms with Crippen molar-refractivity contribution < 1.29 is 18.8 Å². The normalized spacial score (nSPS) is 11.9. The zero-order valence-electron chi connectivity index (χ0n) is 15.3. The maximum atomic E-state index is 12.6. The van der Waals surface area contributed by atoms with E-state index in [1.54, 1.807) is 35.1 Å². The summed E-state index contributed by atoms with van der Waals surface area (Å²) in [5.74, 6) is -0.501. The largest absolute Gasteiger partial charge is 0.461 e. The third kappa shape index (κ3) is 4.84. The average molecular weight is 435 g/mol. The van der Waals surface area contributed by atoms with E-state index in [4.69, 9.17) is 15.9 Å². The van der Waals surface area contributed by atoms with Crippen LogP contribution in [0.3, 0.4) is 0 Å². The molecule has 3 heterocycles. The van der Waals surface area contributed by atoms with Crippen LogP contribution in [0.2, 0.25) is 0 Å². The van der Waals surface area contributed by atoms with Crippen molar-refractivity contribution in [3.63, 3.8) is 0 Å². The summed E-state index contributed by atoms with van der Waals surface area (Å²) in [5, 5.41) is 12.9. The van der Waals surface area contributed by atoms with Crippen LogP contribution in [-0.2, 0) is 16.1 Å². The van der Waals surface area contributed by atoms with Gasteiger partial charge >= 0.3 is 0 Å². The number of aromatic nitrogens is 3. The van der Waals surface area contributed by atoms with E-state index in [1.807, 2.05) is 0 Å². The Hall–Kier alpha value is -3.12. The number of thioether (sulfide) groups is 1. The highest BCUT2D eigenvalue weighted by atomic mass is 32.2. The first-order valence-electron chi connectivity index (χ1n) is 8.47. The number of thiophene rings is 1. The number of nitrogens with one attached hydrogen (secondary N) is 1. The molecule has 1 atom stereocenters. The van der Waals surface area contributed by atoms with Gasteiger partial charge in [-0.15, -0.1) is 21.5 Å². The molecule has 0 aromatic carbocycles. The molecule has 1 unspecified atom stereocenters. The zero-order chi connectivity index (χ0) is 21.0. The van der Waals surface area contributed by atoms with Crippen molar-refractivity contribution in [3.05, 3.63) is 35.4 Å². The highest BCUT2D eigenvalue weighted by Gasteiger charge is 2.23. The molecule has 0 bridgehead atoms. The van der Waals surface area contributed by atoms with Gasteiger partial charge in [0.25, 0.3) is 5.91 Å². The van der Waals surface area contributed by atoms with Gasteiger partial charge in [-0.2, -0.15) is 0 Å². The Morgan fingerprint density at radius 1 is 1.31 bits per heavy atom. The predicted molar refractivity (Wildman–Crippen MR) is 108 cm³/mol. The van der Waals surface area contributed by atoms with Crippen LogP contribution in [0.15, 0.2) is 39.4 Å². The Morgan fingerprint density at radius 2 is 2.10 bits per heavy atom. The van der Waals surface area contributed by atoms with E-state index in [0.717, 1.165) is 11.8 Å². The predicted octanol–water partition coefficient (Wildman–Crippen LogP) is 1.69. The van der Waals surface area contributed by atoms with Gasteiger partial charge in [0, 0.05) is 13.0 Å². The SMILES string of the molecule is CC(Sc1nnc(-c2ccco2)n1CCC(N)=O)C(=O)Nc1sccc1C(N)=O. The second kappa shape index (κ2) is 8.92. The van der Waals surface area contributed by atoms with E-state index in [9.17, 15) is 14.4 Å². The van der Waals surface area contributed by atoms with Gasteiger partial charge in [-0.1, -0.05) is 11.8 Å². The Labute approximate surface area is 173 Å². The van der Waals surface area contributed by atoms with Crippen LogP contribution in [0.5, 0.6) is 0 Å². The average Bonchev–Trinajstić information content (AvgIpc) is 3.40. The lowest BCUT2D eigenvalue weighted by Gasteiger charge is -2.13. The molecule has 5 N–H and O–H groups in total. The number of hydrogen-bond donors (Lipinski definition) is 3. The summed E-state index contributed by atoms with van der Waals surface area (Å²) in [5.41, 5.74) is 10.8. The molecule has 0 aliphatic heterocycles. The molecule has 0 radical (unpaired) electrons. The summed E-state index contributed by atoms with van der Waals surface area (Å²) >= 11 is 2.36. The van der Waals surface area contributed by atoms with Gasteiger partial charge in [0.2, 0.25) is 11.8 Å². The van der Waals surface area contributed by atoms with Crippen molar-refractivity contribution >= 4 is 45.8 Å². The number of carbonyl (C=O) groups excluding carboxylic acids is 3. The summed E-state index contributed by atoms with van der Waals surface area (Å²) in [6.45, 7) is 1.93. The van der Waals surface area contributed by atoms with Gasteiger partial charge in [0.05, 0.1) is 17.1 Å². The Morgan fingerprint density at radius 3 is 2.76 bits per heavy atom. The molecule has 0 saturated carbocycles. The molecule has 3 rings (SSSR count). The highest BCUT2D eigenvalue weighted by Crippen LogP contribution is 2.29. The first kappa shape index (κ1) is 20.6. The van der Waals surface area contributed by atoms with E-state index >= 15 is 0 Å². The maximum absolute atomic E-state index is 12.6. The molecule has 0 aliphatic rings. The van der Waals surface area contributed by atoms with Gasteiger partial charge < -0.3 is 21.2 Å². The van der Waals surface area contributed by atoms with Crippen molar-refractivity contribution in [2.75, 3.05) is 5.32 Å². The summed E-state index contributed by atoms with van der Waals surface area (Å²) < 4.78 is 7.05. The van der Waals surface area contributed by atoms with Crippen LogP contribution < -0.4 is 16.8 Å². The van der Waals surface area contributed by atoms with Gasteiger partial charge in [-0.3, -0.25) is 19.0 Å². The van der Waals surface area contributed by atoms with Crippen LogP contribution in [0.1, 0.15) is 23.7 Å². The monoisotopic (exact) mass is 434 g/mol. The fraction of sp³-hybridized carbons (Fsp3) is 0.235. The molecule has 0 saturated heterocycles. The number of nitrogens with two attached hydrogens (primary N) is 2. The highest BCUT2D eigenvalue weighted by molar-refractivity contribution is 8.00. The Bertz CT molecular complexity index is 1030. The smallest absolute Gasteiger partial charge is 0.251 e. The van der Waals surface area contributed by atoms with Crippen molar-refractivity contribution in [3.8, 4) is 11.6 Å². The molecule has 29 heavy (non-hydrogen) atoms. The molecular weight excluding hydrogens is 416 g/mol. The number of primary amides is 2. The van der Waals surface area contributed by atoms with Gasteiger partial charge in [-0.05, 0) is 30.5 Å². The Kier molecular flexibility index (Phi) is 6.34. The number of nitrogens with zero attached hydrogens (tertiary/aromatic N) is 3. The van der Waals surface area contributed by atoms with Crippen LogP contribution in [0.25, 0.3) is 11.6 Å². The number of amides is 3. The molecule has 0 aliphatic carbocycles. The second-order valence-electron chi connectivity index (χ2n) is 5.93. The van der Waals surface area contributed by atoms with Crippen molar-refractivity contribution in [1.82, 2.24) is 14.8 Å². The van der Waals surface area contributed by atoms with Crippen LogP contribution in [0.4, 0.5) is 5.00 Å². The van der Waals surface area contributed by atoms with E-state index < -0.39 is 17.1 Å². The zero-order valence-corrected chi connectivity index (χ0v) is 17.0. The lowest BCUT2D eigenvalue weighted by atomic mass is 10.3. The van der Waals surface area contributed by atoms with E-state index in [1.165, 1.54) is 17.6 Å². The van der Waals surface area contributed by atoms with Crippen molar-refractivity contribution in [2.45, 2.75) is 30.3 Å². The molecule has 3 amide bonds. The lowest BCUT2D eigenvalue weighted by Crippen LogP contribution is -2.24. The topological polar surface area (TPSA) is 159 Å². The number of hydrogen-bond acceptors (Lipinski definition) is 8. The van der Waals surface area contributed by atoms with E-state index in [0.29, 0.717) is 21.7 Å². The lowest BCUT2D eigenvalue weighted by molar-refractivity contribution is -0.118. The quantitative estimate of drug-likeness (QED) is 0.432. The van der Waals surface area contributed by atoms with Crippen LogP contribution >= 0.6 is 23.1 Å². The summed E-state index contributed by atoms with van der Waals surface area (Å²) in [7, 11) is 0.